The van der Waals surface area contributed by atoms with Crippen LogP contribution in [0.2, 0.25) is 0 Å². The minimum atomic E-state index is -0.554. The van der Waals surface area contributed by atoms with E-state index >= 15 is 0 Å². The van der Waals surface area contributed by atoms with Crippen molar-refractivity contribution in [3.8, 4) is 0 Å². The Balaban J connectivity index is 1.52. The summed E-state index contributed by atoms with van der Waals surface area (Å²) in [4.78, 5) is 32.5. The molecule has 2 amide bonds. The Bertz CT molecular complexity index is 757. The van der Waals surface area contributed by atoms with Gasteiger partial charge in [0.1, 0.15) is 5.60 Å². The number of hydrogen-bond donors (Lipinski definition) is 0. The van der Waals surface area contributed by atoms with Gasteiger partial charge in [-0.05, 0) is 32.8 Å². The first-order valence-electron chi connectivity index (χ1n) is 11.0. The molecule has 2 bridgehead atoms. The summed E-state index contributed by atoms with van der Waals surface area (Å²) in [5.41, 5.74) is 0.695. The van der Waals surface area contributed by atoms with E-state index in [4.69, 9.17) is 9.47 Å². The van der Waals surface area contributed by atoms with E-state index in [0.717, 1.165) is 13.1 Å². The Morgan fingerprint density at radius 3 is 2.47 bits per heavy atom. The highest BCUT2D eigenvalue weighted by molar-refractivity contribution is 5.82. The smallest absolute Gasteiger partial charge is 0.410 e. The lowest BCUT2D eigenvalue weighted by molar-refractivity contribution is -0.140. The van der Waals surface area contributed by atoms with Crippen molar-refractivity contribution < 1.29 is 19.1 Å². The monoisotopic (exact) mass is 415 g/mol. The molecule has 0 spiro atoms. The first kappa shape index (κ1) is 21.1. The van der Waals surface area contributed by atoms with Crippen molar-refractivity contribution in [1.82, 2.24) is 14.7 Å². The third kappa shape index (κ3) is 4.62. The van der Waals surface area contributed by atoms with E-state index in [0.29, 0.717) is 39.3 Å². The van der Waals surface area contributed by atoms with Gasteiger partial charge in [-0.3, -0.25) is 14.6 Å². The lowest BCUT2D eigenvalue weighted by Gasteiger charge is -2.42. The number of rotatable bonds is 3. The van der Waals surface area contributed by atoms with Gasteiger partial charge in [-0.1, -0.05) is 30.3 Å². The Hall–Kier alpha value is -2.12. The molecule has 1 aromatic carbocycles. The van der Waals surface area contributed by atoms with Gasteiger partial charge < -0.3 is 14.4 Å². The maximum atomic E-state index is 13.3. The molecule has 0 aliphatic carbocycles. The number of carbonyl (C=O) groups excluding carboxylic acids is 2. The van der Waals surface area contributed by atoms with E-state index in [1.165, 1.54) is 5.56 Å². The Kier molecular flexibility index (Phi) is 6.02. The first-order valence-corrected chi connectivity index (χ1v) is 11.0. The van der Waals surface area contributed by atoms with Crippen molar-refractivity contribution in [3.05, 3.63) is 35.9 Å². The second-order valence-corrected chi connectivity index (χ2v) is 9.57. The molecule has 164 valence electrons. The molecule has 30 heavy (non-hydrogen) atoms. The normalized spacial score (nSPS) is 27.2. The first-order chi connectivity index (χ1) is 14.3. The highest BCUT2D eigenvalue weighted by atomic mass is 16.6. The zero-order valence-electron chi connectivity index (χ0n) is 18.3. The summed E-state index contributed by atoms with van der Waals surface area (Å²) < 4.78 is 11.1. The summed E-state index contributed by atoms with van der Waals surface area (Å²) in [5.74, 6) is -0.0256. The lowest BCUT2D eigenvalue weighted by Crippen LogP contribution is -2.58. The van der Waals surface area contributed by atoms with Crippen LogP contribution >= 0.6 is 0 Å². The topological polar surface area (TPSA) is 62.3 Å². The molecular weight excluding hydrogens is 382 g/mol. The van der Waals surface area contributed by atoms with E-state index in [1.807, 2.05) is 48.8 Å². The highest BCUT2D eigenvalue weighted by Gasteiger charge is 2.52. The summed E-state index contributed by atoms with van der Waals surface area (Å²) in [6, 6.07) is 10.2. The van der Waals surface area contributed by atoms with Gasteiger partial charge in [-0.2, -0.15) is 0 Å². The number of fused-ring (bicyclic) bond motifs is 2. The number of likely N-dealkylation sites (tertiary alicyclic amines) is 1. The van der Waals surface area contributed by atoms with Crippen molar-refractivity contribution in [2.45, 2.75) is 51.4 Å². The van der Waals surface area contributed by atoms with Gasteiger partial charge in [0.25, 0.3) is 0 Å². The van der Waals surface area contributed by atoms with Gasteiger partial charge >= 0.3 is 6.09 Å². The standard InChI is InChI=1S/C23H33N3O4/c1-23(2,3)30-22(28)26-18-13-19(21(27)25-9-11-29-12-10-25)20(26)16-24(15-18)14-17-7-5-4-6-8-17/h4-8,18-20H,9-16H2,1-3H3/t18-,19-,20-/m1/s1. The summed E-state index contributed by atoms with van der Waals surface area (Å²) in [7, 11) is 0. The zero-order valence-corrected chi connectivity index (χ0v) is 18.3. The van der Waals surface area contributed by atoms with E-state index in [2.05, 4.69) is 17.0 Å². The maximum absolute atomic E-state index is 13.3. The average molecular weight is 416 g/mol. The fraction of sp³-hybridized carbons (Fsp3) is 0.652. The second-order valence-electron chi connectivity index (χ2n) is 9.57. The van der Waals surface area contributed by atoms with Crippen LogP contribution in [-0.4, -0.2) is 83.8 Å². The number of amides is 2. The van der Waals surface area contributed by atoms with Gasteiger partial charge in [0.05, 0.1) is 25.2 Å². The van der Waals surface area contributed by atoms with Crippen LogP contribution in [0.25, 0.3) is 0 Å². The molecule has 0 aromatic heterocycles. The SMILES string of the molecule is CC(C)(C)OC(=O)N1[C@@H]2C[C@@H](C(=O)N3CCOCC3)[C@H]1CN(Cc1ccccc1)C2. The van der Waals surface area contributed by atoms with Crippen LogP contribution in [0.4, 0.5) is 4.79 Å². The summed E-state index contributed by atoms with van der Waals surface area (Å²) in [6.07, 6.45) is 0.403. The van der Waals surface area contributed by atoms with Crippen LogP contribution in [0, 0.1) is 5.92 Å². The van der Waals surface area contributed by atoms with Crippen LogP contribution < -0.4 is 0 Å². The summed E-state index contributed by atoms with van der Waals surface area (Å²) in [6.45, 7) is 10.4. The molecule has 4 rings (SSSR count). The lowest BCUT2D eigenvalue weighted by atomic mass is 9.98. The fourth-order valence-corrected chi connectivity index (χ4v) is 4.90. The van der Waals surface area contributed by atoms with E-state index < -0.39 is 5.60 Å². The summed E-state index contributed by atoms with van der Waals surface area (Å²) in [5, 5.41) is 0. The number of piperazine rings is 1. The molecule has 7 heteroatoms. The predicted molar refractivity (Wildman–Crippen MR) is 113 cm³/mol. The molecule has 3 aliphatic rings. The number of nitrogens with zero attached hydrogens (tertiary/aromatic N) is 3. The van der Waals surface area contributed by atoms with Crippen LogP contribution in [0.1, 0.15) is 32.8 Å². The van der Waals surface area contributed by atoms with Gasteiger partial charge in [0.15, 0.2) is 0 Å². The van der Waals surface area contributed by atoms with Crippen LogP contribution in [0.3, 0.4) is 0 Å². The average Bonchev–Trinajstić information content (AvgIpc) is 2.95. The minimum Gasteiger partial charge on any atom is -0.444 e. The molecule has 0 saturated carbocycles. The van der Waals surface area contributed by atoms with Gasteiger partial charge in [0, 0.05) is 38.8 Å². The zero-order chi connectivity index (χ0) is 21.3. The molecule has 3 aliphatic heterocycles. The van der Waals surface area contributed by atoms with Gasteiger partial charge in [-0.15, -0.1) is 0 Å². The number of morpholine rings is 1. The van der Waals surface area contributed by atoms with Gasteiger partial charge in [-0.25, -0.2) is 4.79 Å². The number of ether oxygens (including phenoxy) is 2. The van der Waals surface area contributed by atoms with Crippen molar-refractivity contribution in [1.29, 1.82) is 0 Å². The number of carbonyl (C=O) groups is 2. The molecule has 3 fully saturated rings. The molecule has 0 radical (unpaired) electrons. The van der Waals surface area contributed by atoms with Crippen LogP contribution in [-0.2, 0) is 20.8 Å². The highest BCUT2D eigenvalue weighted by Crippen LogP contribution is 2.37. The minimum absolute atomic E-state index is 0.00250. The Morgan fingerprint density at radius 1 is 1.10 bits per heavy atom. The molecule has 3 heterocycles. The molecule has 7 nitrogen and oxygen atoms in total. The molecular formula is C23H33N3O4. The molecule has 0 unspecified atom stereocenters. The van der Waals surface area contributed by atoms with Gasteiger partial charge in [0.2, 0.25) is 5.91 Å². The summed E-state index contributed by atoms with van der Waals surface area (Å²) >= 11 is 0. The molecule has 3 atom stereocenters. The van der Waals surface area contributed by atoms with Crippen molar-refractivity contribution in [2.24, 2.45) is 5.92 Å². The van der Waals surface area contributed by atoms with Crippen LogP contribution in [0.15, 0.2) is 30.3 Å². The number of benzene rings is 1. The van der Waals surface area contributed by atoms with E-state index in [-0.39, 0.29) is 30.0 Å². The van der Waals surface area contributed by atoms with Crippen molar-refractivity contribution >= 4 is 12.0 Å². The fourth-order valence-electron chi connectivity index (χ4n) is 4.90. The molecule has 0 N–H and O–H groups in total. The third-order valence-electron chi connectivity index (χ3n) is 6.15. The predicted octanol–water partition coefficient (Wildman–Crippen LogP) is 2.36. The van der Waals surface area contributed by atoms with Crippen molar-refractivity contribution in [3.63, 3.8) is 0 Å². The molecule has 1 aromatic rings. The van der Waals surface area contributed by atoms with Crippen molar-refractivity contribution in [2.75, 3.05) is 39.4 Å². The Labute approximate surface area is 178 Å². The van der Waals surface area contributed by atoms with Crippen LogP contribution in [0.5, 0.6) is 0 Å². The largest absolute Gasteiger partial charge is 0.444 e. The maximum Gasteiger partial charge on any atom is 0.410 e. The Morgan fingerprint density at radius 2 is 1.80 bits per heavy atom. The van der Waals surface area contributed by atoms with E-state index in [1.54, 1.807) is 0 Å². The quantitative estimate of drug-likeness (QED) is 0.758. The third-order valence-corrected chi connectivity index (χ3v) is 6.15. The van der Waals surface area contributed by atoms with E-state index in [9.17, 15) is 9.59 Å². The second kappa shape index (κ2) is 8.55. The number of hydrogen-bond acceptors (Lipinski definition) is 5. The molecule has 3 saturated heterocycles.